The van der Waals surface area contributed by atoms with Crippen LogP contribution < -0.4 is 10.6 Å². The number of hydrogen-bond acceptors (Lipinski definition) is 5. The Kier molecular flexibility index (Phi) is 7.28. The first kappa shape index (κ1) is 22.5. The Bertz CT molecular complexity index is 621. The third-order valence-corrected chi connectivity index (χ3v) is 5.10. The van der Waals surface area contributed by atoms with E-state index in [4.69, 9.17) is 4.74 Å². The van der Waals surface area contributed by atoms with E-state index in [-0.39, 0.29) is 44.5 Å². The average Bonchev–Trinajstić information content (AvgIpc) is 2.49. The van der Waals surface area contributed by atoms with E-state index >= 15 is 0 Å². The molecule has 26 heavy (non-hydrogen) atoms. The van der Waals surface area contributed by atoms with Crippen molar-refractivity contribution in [1.82, 2.24) is 14.9 Å². The van der Waals surface area contributed by atoms with Gasteiger partial charge in [-0.2, -0.15) is 17.5 Å². The number of esters is 1. The fraction of sp³-hybridized carbons (Fsp3) is 0.857. The number of rotatable bonds is 4. The highest BCUT2D eigenvalue weighted by molar-refractivity contribution is 7.90. The first-order valence-electron chi connectivity index (χ1n) is 8.01. The van der Waals surface area contributed by atoms with Gasteiger partial charge < -0.3 is 15.4 Å². The Labute approximate surface area is 151 Å². The van der Waals surface area contributed by atoms with Crippen molar-refractivity contribution in [2.75, 3.05) is 26.7 Å². The quantitative estimate of drug-likeness (QED) is 0.410. The van der Waals surface area contributed by atoms with Crippen LogP contribution in [0.1, 0.15) is 33.6 Å². The van der Waals surface area contributed by atoms with Crippen LogP contribution in [0.3, 0.4) is 0 Å². The molecule has 0 amide bonds. The van der Waals surface area contributed by atoms with Crippen molar-refractivity contribution < 1.29 is 31.1 Å². The number of ether oxygens (including phenoxy) is 1. The first-order valence-corrected chi connectivity index (χ1v) is 9.45. The van der Waals surface area contributed by atoms with Gasteiger partial charge >= 0.3 is 21.5 Å². The molecule has 0 spiro atoms. The van der Waals surface area contributed by atoms with Gasteiger partial charge in [0.15, 0.2) is 5.96 Å². The minimum Gasteiger partial charge on any atom is -0.459 e. The molecule has 0 atom stereocenters. The predicted octanol–water partition coefficient (Wildman–Crippen LogP) is 0.807. The van der Waals surface area contributed by atoms with Crippen LogP contribution in [-0.2, 0) is 19.6 Å². The summed E-state index contributed by atoms with van der Waals surface area (Å²) in [6, 6.07) is -0.264. The zero-order valence-corrected chi connectivity index (χ0v) is 16.0. The Morgan fingerprint density at radius 2 is 1.77 bits per heavy atom. The van der Waals surface area contributed by atoms with Crippen LogP contribution in [0.2, 0.25) is 0 Å². The maximum atomic E-state index is 12.6. The first-order chi connectivity index (χ1) is 11.8. The number of halogens is 3. The number of guanidine groups is 1. The highest BCUT2D eigenvalue weighted by Gasteiger charge is 2.50. The Morgan fingerprint density at radius 1 is 1.23 bits per heavy atom. The van der Waals surface area contributed by atoms with E-state index in [1.54, 1.807) is 20.8 Å². The van der Waals surface area contributed by atoms with Crippen LogP contribution in [0.5, 0.6) is 0 Å². The van der Waals surface area contributed by atoms with Crippen molar-refractivity contribution in [3.63, 3.8) is 0 Å². The highest BCUT2D eigenvalue weighted by atomic mass is 32.2. The summed E-state index contributed by atoms with van der Waals surface area (Å²) in [5.41, 5.74) is -5.91. The molecule has 1 aliphatic rings. The normalized spacial score (nSPS) is 18.5. The van der Waals surface area contributed by atoms with Gasteiger partial charge in [0.05, 0.1) is 0 Å². The van der Waals surface area contributed by atoms with Gasteiger partial charge in [-0.1, -0.05) is 0 Å². The molecule has 0 aromatic rings. The van der Waals surface area contributed by atoms with Crippen LogP contribution >= 0.6 is 0 Å². The fourth-order valence-corrected chi connectivity index (χ4v) is 3.29. The molecule has 0 saturated carbocycles. The zero-order chi connectivity index (χ0) is 20.2. The van der Waals surface area contributed by atoms with Gasteiger partial charge in [-0.3, -0.25) is 9.79 Å². The molecular formula is C14H25F3N4O4S. The van der Waals surface area contributed by atoms with Crippen LogP contribution in [0, 0.1) is 0 Å². The van der Waals surface area contributed by atoms with Gasteiger partial charge in [0.25, 0.3) is 0 Å². The number of carbonyl (C=O) groups is 1. The second kappa shape index (κ2) is 8.42. The van der Waals surface area contributed by atoms with Crippen LogP contribution in [0.4, 0.5) is 13.2 Å². The number of alkyl halides is 3. The van der Waals surface area contributed by atoms with E-state index < -0.39 is 27.1 Å². The Morgan fingerprint density at radius 3 is 2.19 bits per heavy atom. The molecule has 2 N–H and O–H groups in total. The van der Waals surface area contributed by atoms with Crippen LogP contribution in [-0.4, -0.2) is 68.5 Å². The molecule has 8 nitrogen and oxygen atoms in total. The molecule has 0 aliphatic carbocycles. The van der Waals surface area contributed by atoms with Crippen molar-refractivity contribution in [3.05, 3.63) is 0 Å². The van der Waals surface area contributed by atoms with Crippen molar-refractivity contribution in [1.29, 1.82) is 0 Å². The molecule has 152 valence electrons. The van der Waals surface area contributed by atoms with Gasteiger partial charge in [0.2, 0.25) is 0 Å². The SMILES string of the molecule is CN=C(NCC(=O)OC(C)(C)C)NC1CCN(S(=O)(=O)C(F)(F)F)CC1. The minimum atomic E-state index is -5.30. The number of hydrogen-bond donors (Lipinski definition) is 2. The summed E-state index contributed by atoms with van der Waals surface area (Å²) >= 11 is 0. The molecule has 0 aromatic heterocycles. The molecule has 1 rings (SSSR count). The maximum Gasteiger partial charge on any atom is 0.511 e. The lowest BCUT2D eigenvalue weighted by Gasteiger charge is -2.32. The van der Waals surface area contributed by atoms with Gasteiger partial charge in [-0.05, 0) is 33.6 Å². The standard InChI is InChI=1S/C14H25F3N4O4S/c1-13(2,3)25-11(22)9-19-12(18-4)20-10-5-7-21(8-6-10)26(23,24)14(15,16)17/h10H,5-9H2,1-4H3,(H2,18,19,20). The molecule has 0 bridgehead atoms. The van der Waals surface area contributed by atoms with Gasteiger partial charge in [0.1, 0.15) is 12.1 Å². The number of carbonyl (C=O) groups excluding carboxylic acids is 1. The largest absolute Gasteiger partial charge is 0.511 e. The lowest BCUT2D eigenvalue weighted by molar-refractivity contribution is -0.153. The summed E-state index contributed by atoms with van der Waals surface area (Å²) in [4.78, 5) is 15.6. The van der Waals surface area contributed by atoms with E-state index in [0.29, 0.717) is 4.31 Å². The van der Waals surface area contributed by atoms with Crippen LogP contribution in [0.15, 0.2) is 4.99 Å². The van der Waals surface area contributed by atoms with Crippen molar-refractivity contribution >= 4 is 22.0 Å². The van der Waals surface area contributed by atoms with E-state index in [9.17, 15) is 26.4 Å². The summed E-state index contributed by atoms with van der Waals surface area (Å²) in [5.74, 6) is -0.195. The van der Waals surface area contributed by atoms with E-state index in [0.717, 1.165) is 0 Å². The number of sulfonamides is 1. The maximum absolute atomic E-state index is 12.6. The van der Waals surface area contributed by atoms with Gasteiger partial charge in [-0.15, -0.1) is 0 Å². The Hall–Kier alpha value is -1.56. The molecule has 1 fully saturated rings. The summed E-state index contributed by atoms with van der Waals surface area (Å²) in [5, 5.41) is 5.72. The zero-order valence-electron chi connectivity index (χ0n) is 15.2. The third kappa shape index (κ3) is 6.63. The number of aliphatic imine (C=N–C) groups is 1. The molecular weight excluding hydrogens is 377 g/mol. The topological polar surface area (TPSA) is 100 Å². The van der Waals surface area contributed by atoms with E-state index in [2.05, 4.69) is 15.6 Å². The second-order valence-corrected chi connectivity index (χ2v) is 8.71. The summed E-state index contributed by atoms with van der Waals surface area (Å²) in [6.45, 7) is 4.59. The highest BCUT2D eigenvalue weighted by Crippen LogP contribution is 2.28. The third-order valence-electron chi connectivity index (χ3n) is 3.47. The monoisotopic (exact) mass is 402 g/mol. The number of nitrogens with one attached hydrogen (secondary N) is 2. The van der Waals surface area contributed by atoms with E-state index in [1.165, 1.54) is 7.05 Å². The molecule has 1 aliphatic heterocycles. The molecule has 0 unspecified atom stereocenters. The van der Waals surface area contributed by atoms with Crippen molar-refractivity contribution in [2.24, 2.45) is 4.99 Å². The summed E-state index contributed by atoms with van der Waals surface area (Å²) < 4.78 is 66.0. The minimum absolute atomic E-state index is 0.127. The molecule has 12 heteroatoms. The molecule has 1 saturated heterocycles. The van der Waals surface area contributed by atoms with Crippen molar-refractivity contribution in [2.45, 2.75) is 50.8 Å². The van der Waals surface area contributed by atoms with E-state index in [1.807, 2.05) is 0 Å². The predicted molar refractivity (Wildman–Crippen MR) is 89.9 cm³/mol. The molecule has 0 radical (unpaired) electrons. The second-order valence-electron chi connectivity index (χ2n) is 6.78. The molecule has 1 heterocycles. The van der Waals surface area contributed by atoms with Crippen molar-refractivity contribution in [3.8, 4) is 0 Å². The van der Waals surface area contributed by atoms with Gasteiger partial charge in [0, 0.05) is 26.2 Å². The lowest BCUT2D eigenvalue weighted by Crippen LogP contribution is -2.52. The number of nitrogens with zero attached hydrogens (tertiary/aromatic N) is 2. The lowest BCUT2D eigenvalue weighted by atomic mass is 10.1. The number of piperidine rings is 1. The smallest absolute Gasteiger partial charge is 0.459 e. The summed E-state index contributed by atoms with van der Waals surface area (Å²) in [6.07, 6.45) is 0.366. The Balaban J connectivity index is 2.49. The average molecular weight is 402 g/mol. The summed E-state index contributed by atoms with van der Waals surface area (Å²) in [7, 11) is -3.82. The van der Waals surface area contributed by atoms with Gasteiger partial charge in [-0.25, -0.2) is 8.42 Å². The fourth-order valence-electron chi connectivity index (χ4n) is 2.31. The molecule has 0 aromatic carbocycles. The van der Waals surface area contributed by atoms with Crippen LogP contribution in [0.25, 0.3) is 0 Å².